The lowest BCUT2D eigenvalue weighted by Gasteiger charge is -2.10. The van der Waals surface area contributed by atoms with Crippen molar-refractivity contribution in [3.8, 4) is 11.3 Å². The van der Waals surface area contributed by atoms with Gasteiger partial charge in [0.2, 0.25) is 5.91 Å². The molecule has 0 aliphatic heterocycles. The highest BCUT2D eigenvalue weighted by atomic mass is 16.3. The van der Waals surface area contributed by atoms with Crippen molar-refractivity contribution in [2.24, 2.45) is 5.73 Å². The highest BCUT2D eigenvalue weighted by Crippen LogP contribution is 2.20. The Balaban J connectivity index is 2.06. The number of carbonyl (C=O) groups is 1. The molecule has 94 valence electrons. The summed E-state index contributed by atoms with van der Waals surface area (Å²) in [6, 6.07) is 6.84. The number of rotatable bonds is 4. The maximum absolute atomic E-state index is 11.6. The number of nitrogens with one attached hydrogen (secondary N) is 1. The van der Waals surface area contributed by atoms with Gasteiger partial charge in [0.1, 0.15) is 0 Å². The van der Waals surface area contributed by atoms with Gasteiger partial charge in [-0.05, 0) is 30.7 Å². The van der Waals surface area contributed by atoms with Gasteiger partial charge >= 0.3 is 0 Å². The summed E-state index contributed by atoms with van der Waals surface area (Å²) in [6.07, 6.45) is 3.63. The average molecular weight is 245 g/mol. The Morgan fingerprint density at radius 2 is 2.17 bits per heavy atom. The third kappa shape index (κ3) is 2.75. The number of hydrogen-bond acceptors (Lipinski definition) is 4. The van der Waals surface area contributed by atoms with Crippen LogP contribution in [0.5, 0.6) is 0 Å². The van der Waals surface area contributed by atoms with Crippen LogP contribution in [0, 0.1) is 0 Å². The van der Waals surface area contributed by atoms with E-state index in [4.69, 9.17) is 10.2 Å². The molecule has 1 amide bonds. The van der Waals surface area contributed by atoms with Gasteiger partial charge in [-0.2, -0.15) is 0 Å². The highest BCUT2D eigenvalue weighted by molar-refractivity contribution is 5.94. The first kappa shape index (κ1) is 12.3. The maximum atomic E-state index is 11.6. The van der Waals surface area contributed by atoms with Crippen molar-refractivity contribution < 1.29 is 9.21 Å². The summed E-state index contributed by atoms with van der Waals surface area (Å²) in [6.45, 7) is 1.87. The first-order chi connectivity index (χ1) is 8.70. The SMILES string of the molecule is CC[C@@H](N)C(=O)Nc1ccc(-c2cnco2)cc1. The van der Waals surface area contributed by atoms with Crippen molar-refractivity contribution in [1.29, 1.82) is 0 Å². The Kier molecular flexibility index (Phi) is 3.74. The van der Waals surface area contributed by atoms with E-state index < -0.39 is 6.04 Å². The molecule has 3 N–H and O–H groups in total. The second-order valence-corrected chi connectivity index (χ2v) is 3.95. The van der Waals surface area contributed by atoms with E-state index in [0.717, 1.165) is 5.56 Å². The number of carbonyl (C=O) groups excluding carboxylic acids is 1. The quantitative estimate of drug-likeness (QED) is 0.863. The fraction of sp³-hybridized carbons (Fsp3) is 0.231. The molecule has 5 heteroatoms. The van der Waals surface area contributed by atoms with Gasteiger partial charge in [-0.15, -0.1) is 0 Å². The second-order valence-electron chi connectivity index (χ2n) is 3.95. The largest absolute Gasteiger partial charge is 0.444 e. The van der Waals surface area contributed by atoms with Crippen molar-refractivity contribution in [1.82, 2.24) is 4.98 Å². The topological polar surface area (TPSA) is 81.2 Å². The number of aromatic nitrogens is 1. The fourth-order valence-corrected chi connectivity index (χ4v) is 1.50. The van der Waals surface area contributed by atoms with E-state index in [9.17, 15) is 4.79 Å². The van der Waals surface area contributed by atoms with E-state index in [1.165, 1.54) is 6.39 Å². The molecule has 0 radical (unpaired) electrons. The lowest BCUT2D eigenvalue weighted by Crippen LogP contribution is -2.34. The van der Waals surface area contributed by atoms with Gasteiger partial charge in [0.05, 0.1) is 12.2 Å². The minimum Gasteiger partial charge on any atom is -0.444 e. The zero-order valence-corrected chi connectivity index (χ0v) is 10.1. The number of oxazole rings is 1. The molecule has 0 saturated carbocycles. The van der Waals surface area contributed by atoms with Crippen LogP contribution in [-0.4, -0.2) is 16.9 Å². The first-order valence-corrected chi connectivity index (χ1v) is 5.76. The number of amides is 1. The van der Waals surface area contributed by atoms with E-state index in [-0.39, 0.29) is 5.91 Å². The van der Waals surface area contributed by atoms with Crippen molar-refractivity contribution in [2.75, 3.05) is 5.32 Å². The summed E-state index contributed by atoms with van der Waals surface area (Å²) < 4.78 is 5.18. The first-order valence-electron chi connectivity index (χ1n) is 5.76. The van der Waals surface area contributed by atoms with Crippen LogP contribution >= 0.6 is 0 Å². The van der Waals surface area contributed by atoms with Gasteiger partial charge in [0.15, 0.2) is 12.2 Å². The van der Waals surface area contributed by atoms with E-state index in [1.54, 1.807) is 18.3 Å². The van der Waals surface area contributed by atoms with Crippen molar-refractivity contribution in [3.05, 3.63) is 36.9 Å². The van der Waals surface area contributed by atoms with Crippen LogP contribution in [0.2, 0.25) is 0 Å². The molecule has 0 fully saturated rings. The molecule has 1 aromatic heterocycles. The Bertz CT molecular complexity index is 506. The Labute approximate surface area is 105 Å². The lowest BCUT2D eigenvalue weighted by atomic mass is 10.1. The molecule has 0 aliphatic rings. The summed E-state index contributed by atoms with van der Waals surface area (Å²) in [7, 11) is 0. The number of nitrogens with two attached hydrogens (primary N) is 1. The van der Waals surface area contributed by atoms with Crippen LogP contribution in [0.15, 0.2) is 41.3 Å². The van der Waals surface area contributed by atoms with Gasteiger partial charge in [-0.1, -0.05) is 6.92 Å². The molecule has 1 heterocycles. The smallest absolute Gasteiger partial charge is 0.241 e. The molecule has 2 rings (SSSR count). The second kappa shape index (κ2) is 5.46. The Morgan fingerprint density at radius 1 is 1.44 bits per heavy atom. The molecule has 18 heavy (non-hydrogen) atoms. The molecule has 1 aromatic carbocycles. The molecule has 2 aromatic rings. The van der Waals surface area contributed by atoms with Gasteiger partial charge < -0.3 is 15.5 Å². The minimum absolute atomic E-state index is 0.176. The predicted molar refractivity (Wildman–Crippen MR) is 68.8 cm³/mol. The normalized spacial score (nSPS) is 12.1. The van der Waals surface area contributed by atoms with Gasteiger partial charge in [0.25, 0.3) is 0 Å². The van der Waals surface area contributed by atoms with Crippen LogP contribution < -0.4 is 11.1 Å². The number of nitrogens with zero attached hydrogens (tertiary/aromatic N) is 1. The monoisotopic (exact) mass is 245 g/mol. The Morgan fingerprint density at radius 3 is 2.72 bits per heavy atom. The summed E-state index contributed by atoms with van der Waals surface area (Å²) in [5.74, 6) is 0.517. The summed E-state index contributed by atoms with van der Waals surface area (Å²) >= 11 is 0. The molecule has 0 unspecified atom stereocenters. The van der Waals surface area contributed by atoms with Crippen LogP contribution in [0.3, 0.4) is 0 Å². The molecular weight excluding hydrogens is 230 g/mol. The van der Waals surface area contributed by atoms with E-state index in [0.29, 0.717) is 17.9 Å². The Hall–Kier alpha value is -2.14. The summed E-state index contributed by atoms with van der Waals surface area (Å²) in [5.41, 5.74) is 7.26. The molecule has 0 saturated heterocycles. The molecule has 5 nitrogen and oxygen atoms in total. The number of hydrogen-bond donors (Lipinski definition) is 2. The third-order valence-electron chi connectivity index (χ3n) is 2.65. The summed E-state index contributed by atoms with van der Waals surface area (Å²) in [4.78, 5) is 15.4. The number of anilines is 1. The van der Waals surface area contributed by atoms with Crippen molar-refractivity contribution in [3.63, 3.8) is 0 Å². The zero-order chi connectivity index (χ0) is 13.0. The molecule has 0 spiro atoms. The van der Waals surface area contributed by atoms with Crippen molar-refractivity contribution >= 4 is 11.6 Å². The standard InChI is InChI=1S/C13H15N3O2/c1-2-11(14)13(17)16-10-5-3-9(4-6-10)12-7-15-8-18-12/h3-8,11H,2,14H2,1H3,(H,16,17)/t11-/m1/s1. The van der Waals surface area contributed by atoms with Gasteiger partial charge in [-0.3, -0.25) is 4.79 Å². The average Bonchev–Trinajstić information content (AvgIpc) is 2.92. The van der Waals surface area contributed by atoms with Crippen LogP contribution in [0.25, 0.3) is 11.3 Å². The van der Waals surface area contributed by atoms with Gasteiger partial charge in [-0.25, -0.2) is 4.98 Å². The molecule has 0 bridgehead atoms. The van der Waals surface area contributed by atoms with Crippen LogP contribution in [0.1, 0.15) is 13.3 Å². The van der Waals surface area contributed by atoms with Crippen molar-refractivity contribution in [2.45, 2.75) is 19.4 Å². The van der Waals surface area contributed by atoms with E-state index >= 15 is 0 Å². The highest BCUT2D eigenvalue weighted by Gasteiger charge is 2.10. The van der Waals surface area contributed by atoms with E-state index in [1.807, 2.05) is 19.1 Å². The predicted octanol–water partition coefficient (Wildman–Crippen LogP) is 2.02. The maximum Gasteiger partial charge on any atom is 0.241 e. The van der Waals surface area contributed by atoms with Gasteiger partial charge in [0, 0.05) is 11.3 Å². The third-order valence-corrected chi connectivity index (χ3v) is 2.65. The van der Waals surface area contributed by atoms with Crippen LogP contribution in [-0.2, 0) is 4.79 Å². The number of benzene rings is 1. The zero-order valence-electron chi connectivity index (χ0n) is 10.1. The summed E-state index contributed by atoms with van der Waals surface area (Å²) in [5, 5.41) is 2.75. The van der Waals surface area contributed by atoms with Crippen LogP contribution in [0.4, 0.5) is 5.69 Å². The molecule has 0 aliphatic carbocycles. The lowest BCUT2D eigenvalue weighted by molar-refractivity contribution is -0.117. The molecular formula is C13H15N3O2. The van der Waals surface area contributed by atoms with E-state index in [2.05, 4.69) is 10.3 Å². The minimum atomic E-state index is -0.473. The fourth-order valence-electron chi connectivity index (χ4n) is 1.50. The molecule has 1 atom stereocenters.